The monoisotopic (exact) mass is 363 g/mol. The summed E-state index contributed by atoms with van der Waals surface area (Å²) in [5.74, 6) is 0.440. The van der Waals surface area contributed by atoms with E-state index in [4.69, 9.17) is 4.84 Å². The quantitative estimate of drug-likeness (QED) is 0.552. The van der Waals surface area contributed by atoms with Crippen molar-refractivity contribution in [3.63, 3.8) is 0 Å². The number of hydrogen-bond acceptors (Lipinski definition) is 4. The highest BCUT2D eigenvalue weighted by Crippen LogP contribution is 2.35. The van der Waals surface area contributed by atoms with E-state index in [1.807, 2.05) is 35.2 Å². The molecule has 3 aromatic rings. The summed E-state index contributed by atoms with van der Waals surface area (Å²) in [5.41, 5.74) is 5.53. The standard InChI is InChI=1S/C20H21N5O2/c1-27-24-18(12-6-7-12)19-14-11-25(9-8-16(14)22-23-19)20(26)17-10-13-4-2-3-5-15(13)21-17/h2-5,10,12,21H,6-9,11H2,1H3,(H,22,23)/b24-18+. The Morgan fingerprint density at radius 3 is 2.96 bits per heavy atom. The second-order valence-electron chi connectivity index (χ2n) is 7.20. The summed E-state index contributed by atoms with van der Waals surface area (Å²) in [6.45, 7) is 1.19. The first-order chi connectivity index (χ1) is 13.2. The summed E-state index contributed by atoms with van der Waals surface area (Å²) in [5, 5.41) is 12.9. The fourth-order valence-electron chi connectivity index (χ4n) is 3.81. The van der Waals surface area contributed by atoms with Crippen molar-refractivity contribution in [2.24, 2.45) is 11.1 Å². The van der Waals surface area contributed by atoms with E-state index in [9.17, 15) is 4.79 Å². The second kappa shape index (κ2) is 6.26. The Kier molecular flexibility index (Phi) is 3.74. The highest BCUT2D eigenvalue weighted by atomic mass is 16.6. The van der Waals surface area contributed by atoms with Crippen LogP contribution in [0.4, 0.5) is 0 Å². The number of para-hydroxylation sites is 1. The van der Waals surface area contributed by atoms with E-state index in [0.717, 1.165) is 52.8 Å². The Hall–Kier alpha value is -3.09. The number of carbonyl (C=O) groups is 1. The zero-order chi connectivity index (χ0) is 18.4. The number of amides is 1. The molecule has 7 nitrogen and oxygen atoms in total. The number of aromatic amines is 2. The molecule has 1 amide bonds. The molecule has 0 bridgehead atoms. The first kappa shape index (κ1) is 16.1. The topological polar surface area (TPSA) is 86.4 Å². The van der Waals surface area contributed by atoms with Crippen LogP contribution in [0, 0.1) is 5.92 Å². The van der Waals surface area contributed by atoms with Crippen molar-refractivity contribution in [1.82, 2.24) is 20.1 Å². The molecule has 5 rings (SSSR count). The zero-order valence-electron chi connectivity index (χ0n) is 15.2. The van der Waals surface area contributed by atoms with Crippen molar-refractivity contribution in [1.29, 1.82) is 0 Å². The lowest BCUT2D eigenvalue weighted by Gasteiger charge is -2.26. The number of hydrogen-bond donors (Lipinski definition) is 2. The van der Waals surface area contributed by atoms with E-state index < -0.39 is 0 Å². The van der Waals surface area contributed by atoms with Crippen molar-refractivity contribution in [2.75, 3.05) is 13.7 Å². The zero-order valence-corrected chi connectivity index (χ0v) is 15.2. The molecular weight excluding hydrogens is 342 g/mol. The third-order valence-corrected chi connectivity index (χ3v) is 5.38. The molecule has 1 fully saturated rings. The van der Waals surface area contributed by atoms with Gasteiger partial charge in [0.15, 0.2) is 0 Å². The van der Waals surface area contributed by atoms with Crippen LogP contribution in [0.25, 0.3) is 10.9 Å². The lowest BCUT2D eigenvalue weighted by molar-refractivity contribution is 0.0729. The molecule has 0 radical (unpaired) electrons. The summed E-state index contributed by atoms with van der Waals surface area (Å²) < 4.78 is 0. The molecule has 0 saturated heterocycles. The van der Waals surface area contributed by atoms with E-state index in [0.29, 0.717) is 24.7 Å². The van der Waals surface area contributed by atoms with Crippen molar-refractivity contribution in [2.45, 2.75) is 25.8 Å². The lowest BCUT2D eigenvalue weighted by Crippen LogP contribution is -2.36. The molecule has 0 unspecified atom stereocenters. The van der Waals surface area contributed by atoms with Gasteiger partial charge in [-0.25, -0.2) is 0 Å². The van der Waals surface area contributed by atoms with Crippen LogP contribution in [0.15, 0.2) is 35.5 Å². The Bertz CT molecular complexity index is 1010. The Balaban J connectivity index is 1.44. The normalized spacial score (nSPS) is 17.2. The van der Waals surface area contributed by atoms with Gasteiger partial charge < -0.3 is 14.7 Å². The molecule has 1 aliphatic carbocycles. The van der Waals surface area contributed by atoms with E-state index in [1.165, 1.54) is 0 Å². The SMILES string of the molecule is CO/N=C(/c1[nH]nc2c1CN(C(=O)c1cc3ccccc3[nH]1)CC2)C1CC1. The molecule has 1 saturated carbocycles. The average molecular weight is 363 g/mol. The third kappa shape index (κ3) is 2.79. The maximum Gasteiger partial charge on any atom is 0.270 e. The van der Waals surface area contributed by atoms with Crippen LogP contribution in [-0.4, -0.2) is 45.4 Å². The van der Waals surface area contributed by atoms with Crippen LogP contribution in [0.5, 0.6) is 0 Å². The number of oxime groups is 1. The van der Waals surface area contributed by atoms with Gasteiger partial charge in [-0.2, -0.15) is 5.10 Å². The van der Waals surface area contributed by atoms with Gasteiger partial charge in [0.25, 0.3) is 5.91 Å². The van der Waals surface area contributed by atoms with Gasteiger partial charge in [0.1, 0.15) is 18.5 Å². The largest absolute Gasteiger partial charge is 0.399 e. The minimum atomic E-state index is 0.0145. The third-order valence-electron chi connectivity index (χ3n) is 5.38. The van der Waals surface area contributed by atoms with Gasteiger partial charge in [0.05, 0.1) is 17.9 Å². The van der Waals surface area contributed by atoms with Crippen LogP contribution in [0.2, 0.25) is 0 Å². The molecule has 2 aromatic heterocycles. The summed E-state index contributed by atoms with van der Waals surface area (Å²) in [4.78, 5) is 23.2. The lowest BCUT2D eigenvalue weighted by atomic mass is 10.0. The molecule has 3 heterocycles. The van der Waals surface area contributed by atoms with Crippen LogP contribution >= 0.6 is 0 Å². The van der Waals surface area contributed by atoms with Gasteiger partial charge in [-0.05, 0) is 25.0 Å². The number of benzene rings is 1. The molecule has 0 spiro atoms. The van der Waals surface area contributed by atoms with E-state index in [1.54, 1.807) is 7.11 Å². The fourth-order valence-corrected chi connectivity index (χ4v) is 3.81. The predicted octanol–water partition coefficient (Wildman–Crippen LogP) is 2.85. The molecule has 1 aromatic carbocycles. The molecular formula is C20H21N5O2. The molecule has 2 aliphatic rings. The number of nitrogens with one attached hydrogen (secondary N) is 2. The van der Waals surface area contributed by atoms with Gasteiger partial charge in [-0.15, -0.1) is 0 Å². The summed E-state index contributed by atoms with van der Waals surface area (Å²) in [7, 11) is 1.57. The van der Waals surface area contributed by atoms with E-state index >= 15 is 0 Å². The number of aromatic nitrogens is 3. The molecule has 27 heavy (non-hydrogen) atoms. The molecule has 1 aliphatic heterocycles. The summed E-state index contributed by atoms with van der Waals surface area (Å²) in [6, 6.07) is 9.86. The van der Waals surface area contributed by atoms with Crippen molar-refractivity contribution < 1.29 is 9.63 Å². The minimum Gasteiger partial charge on any atom is -0.399 e. The number of rotatable bonds is 4. The first-order valence-electron chi connectivity index (χ1n) is 9.29. The Labute approximate surface area is 156 Å². The highest BCUT2D eigenvalue weighted by Gasteiger charge is 2.35. The predicted molar refractivity (Wildman–Crippen MR) is 102 cm³/mol. The van der Waals surface area contributed by atoms with E-state index in [2.05, 4.69) is 20.3 Å². The maximum absolute atomic E-state index is 13.1. The average Bonchev–Trinajstić information content (AvgIpc) is 3.30. The molecule has 2 N–H and O–H groups in total. The van der Waals surface area contributed by atoms with Gasteiger partial charge in [0, 0.05) is 35.3 Å². The summed E-state index contributed by atoms with van der Waals surface area (Å²) >= 11 is 0. The number of carbonyl (C=O) groups excluding carboxylic acids is 1. The summed E-state index contributed by atoms with van der Waals surface area (Å²) in [6.07, 6.45) is 2.98. The number of H-pyrrole nitrogens is 2. The number of nitrogens with zero attached hydrogens (tertiary/aromatic N) is 3. The maximum atomic E-state index is 13.1. The van der Waals surface area contributed by atoms with Gasteiger partial charge in [-0.3, -0.25) is 9.89 Å². The minimum absolute atomic E-state index is 0.0145. The van der Waals surface area contributed by atoms with Gasteiger partial charge in [0.2, 0.25) is 0 Å². The molecule has 138 valence electrons. The van der Waals surface area contributed by atoms with Crippen LogP contribution in [0.1, 0.15) is 40.3 Å². The second-order valence-corrected chi connectivity index (χ2v) is 7.20. The first-order valence-corrected chi connectivity index (χ1v) is 9.29. The van der Waals surface area contributed by atoms with Crippen LogP contribution in [0.3, 0.4) is 0 Å². The van der Waals surface area contributed by atoms with Crippen molar-refractivity contribution in [3.8, 4) is 0 Å². The Morgan fingerprint density at radius 2 is 2.19 bits per heavy atom. The van der Waals surface area contributed by atoms with Crippen molar-refractivity contribution >= 4 is 22.5 Å². The van der Waals surface area contributed by atoms with E-state index in [-0.39, 0.29) is 5.91 Å². The molecule has 7 heteroatoms. The highest BCUT2D eigenvalue weighted by molar-refractivity contribution is 6.03. The van der Waals surface area contributed by atoms with Crippen LogP contribution < -0.4 is 0 Å². The van der Waals surface area contributed by atoms with Crippen LogP contribution in [-0.2, 0) is 17.8 Å². The molecule has 0 atom stereocenters. The van der Waals surface area contributed by atoms with Gasteiger partial charge in [-0.1, -0.05) is 23.4 Å². The number of fused-ring (bicyclic) bond motifs is 2. The smallest absolute Gasteiger partial charge is 0.270 e. The van der Waals surface area contributed by atoms with Crippen molar-refractivity contribution in [3.05, 3.63) is 53.0 Å². The Morgan fingerprint density at radius 1 is 1.33 bits per heavy atom. The fraction of sp³-hybridized carbons (Fsp3) is 0.350. The van der Waals surface area contributed by atoms with Gasteiger partial charge >= 0.3 is 0 Å².